The van der Waals surface area contributed by atoms with Crippen molar-refractivity contribution in [1.29, 1.82) is 0 Å². The third-order valence-electron chi connectivity index (χ3n) is 3.87. The fraction of sp³-hybridized carbons (Fsp3) is 0.500. The standard InChI is InChI=1S/C16H21NO3/c1-11(8-15(18)19)10-17-16(20)14-7-6-12-4-2-3-5-13(12)9-14/h2-5,11,14H,6-10H2,1H3,(H,17,20)(H,18,19). The van der Waals surface area contributed by atoms with Crippen LogP contribution in [0.4, 0.5) is 0 Å². The van der Waals surface area contributed by atoms with E-state index in [4.69, 9.17) is 5.11 Å². The van der Waals surface area contributed by atoms with Crippen molar-refractivity contribution in [2.75, 3.05) is 6.54 Å². The molecule has 1 aromatic rings. The van der Waals surface area contributed by atoms with Crippen LogP contribution in [0.15, 0.2) is 24.3 Å². The molecule has 0 radical (unpaired) electrons. The summed E-state index contributed by atoms with van der Waals surface area (Å²) in [7, 11) is 0. The zero-order chi connectivity index (χ0) is 14.5. The van der Waals surface area contributed by atoms with E-state index in [2.05, 4.69) is 17.4 Å². The molecule has 0 heterocycles. The summed E-state index contributed by atoms with van der Waals surface area (Å²) in [5.41, 5.74) is 2.60. The zero-order valence-corrected chi connectivity index (χ0v) is 11.8. The Kier molecular flexibility index (Phi) is 4.77. The summed E-state index contributed by atoms with van der Waals surface area (Å²) < 4.78 is 0. The number of carbonyl (C=O) groups excluding carboxylic acids is 1. The van der Waals surface area contributed by atoms with Gasteiger partial charge in [-0.1, -0.05) is 31.2 Å². The number of aryl methyl sites for hydroxylation is 1. The van der Waals surface area contributed by atoms with Gasteiger partial charge in [-0.15, -0.1) is 0 Å². The van der Waals surface area contributed by atoms with Crippen molar-refractivity contribution in [2.45, 2.75) is 32.6 Å². The molecule has 108 valence electrons. The SMILES string of the molecule is CC(CNC(=O)C1CCc2ccccc2C1)CC(=O)O. The first-order valence-corrected chi connectivity index (χ1v) is 7.12. The Bertz CT molecular complexity index is 498. The molecule has 1 aliphatic rings. The molecule has 2 unspecified atom stereocenters. The van der Waals surface area contributed by atoms with Crippen LogP contribution in [0, 0.1) is 11.8 Å². The number of nitrogens with one attached hydrogen (secondary N) is 1. The molecule has 0 aliphatic heterocycles. The fourth-order valence-electron chi connectivity index (χ4n) is 2.71. The largest absolute Gasteiger partial charge is 0.481 e. The molecular formula is C16H21NO3. The van der Waals surface area contributed by atoms with Gasteiger partial charge in [-0.3, -0.25) is 9.59 Å². The summed E-state index contributed by atoms with van der Waals surface area (Å²) in [5, 5.41) is 11.6. The number of fused-ring (bicyclic) bond motifs is 1. The Morgan fingerprint density at radius 3 is 2.75 bits per heavy atom. The number of hydrogen-bond acceptors (Lipinski definition) is 2. The summed E-state index contributed by atoms with van der Waals surface area (Å²) in [5.74, 6) is -0.788. The van der Waals surface area contributed by atoms with Crippen molar-refractivity contribution < 1.29 is 14.7 Å². The number of carboxylic acids is 1. The van der Waals surface area contributed by atoms with E-state index < -0.39 is 5.97 Å². The lowest BCUT2D eigenvalue weighted by atomic mass is 9.83. The van der Waals surface area contributed by atoms with Gasteiger partial charge in [-0.25, -0.2) is 0 Å². The van der Waals surface area contributed by atoms with Gasteiger partial charge < -0.3 is 10.4 Å². The highest BCUT2D eigenvalue weighted by Gasteiger charge is 2.24. The molecule has 1 aromatic carbocycles. The van der Waals surface area contributed by atoms with Crippen LogP contribution in [0.25, 0.3) is 0 Å². The van der Waals surface area contributed by atoms with Gasteiger partial charge in [-0.2, -0.15) is 0 Å². The first-order chi connectivity index (χ1) is 9.56. The van der Waals surface area contributed by atoms with Gasteiger partial charge in [0.15, 0.2) is 0 Å². The maximum atomic E-state index is 12.1. The Hall–Kier alpha value is -1.84. The molecule has 0 aromatic heterocycles. The molecule has 4 heteroatoms. The van der Waals surface area contributed by atoms with Crippen molar-refractivity contribution in [2.24, 2.45) is 11.8 Å². The molecule has 0 bridgehead atoms. The molecule has 20 heavy (non-hydrogen) atoms. The summed E-state index contributed by atoms with van der Waals surface area (Å²) >= 11 is 0. The number of amides is 1. The van der Waals surface area contributed by atoms with Crippen LogP contribution in [0.2, 0.25) is 0 Å². The molecule has 1 amide bonds. The van der Waals surface area contributed by atoms with Gasteiger partial charge in [0.1, 0.15) is 0 Å². The van der Waals surface area contributed by atoms with Crippen molar-refractivity contribution >= 4 is 11.9 Å². The number of hydrogen-bond donors (Lipinski definition) is 2. The second kappa shape index (κ2) is 6.55. The van der Waals surface area contributed by atoms with Gasteiger partial charge in [0.25, 0.3) is 0 Å². The van der Waals surface area contributed by atoms with E-state index in [0.29, 0.717) is 6.54 Å². The average molecular weight is 275 g/mol. The van der Waals surface area contributed by atoms with Crippen LogP contribution in [-0.4, -0.2) is 23.5 Å². The quantitative estimate of drug-likeness (QED) is 0.864. The summed E-state index contributed by atoms with van der Waals surface area (Å²) in [6.07, 6.45) is 2.69. The Labute approximate surface area is 119 Å². The van der Waals surface area contributed by atoms with Crippen molar-refractivity contribution in [3.63, 3.8) is 0 Å². The van der Waals surface area contributed by atoms with Gasteiger partial charge in [0.05, 0.1) is 0 Å². The van der Waals surface area contributed by atoms with Crippen LogP contribution in [0.1, 0.15) is 30.9 Å². The van der Waals surface area contributed by atoms with Crippen LogP contribution in [-0.2, 0) is 22.4 Å². The van der Waals surface area contributed by atoms with Crippen LogP contribution < -0.4 is 5.32 Å². The lowest BCUT2D eigenvalue weighted by molar-refractivity contribution is -0.138. The minimum absolute atomic E-state index is 0.0157. The third-order valence-corrected chi connectivity index (χ3v) is 3.87. The van der Waals surface area contributed by atoms with E-state index in [0.717, 1.165) is 19.3 Å². The Balaban J connectivity index is 1.84. The topological polar surface area (TPSA) is 66.4 Å². The molecule has 1 aliphatic carbocycles. The molecule has 0 fully saturated rings. The maximum Gasteiger partial charge on any atom is 0.303 e. The molecule has 0 saturated carbocycles. The van der Waals surface area contributed by atoms with Crippen molar-refractivity contribution in [3.8, 4) is 0 Å². The highest BCUT2D eigenvalue weighted by molar-refractivity contribution is 5.79. The fourth-order valence-corrected chi connectivity index (χ4v) is 2.71. The lowest BCUT2D eigenvalue weighted by Crippen LogP contribution is -2.36. The second-order valence-corrected chi connectivity index (χ2v) is 5.66. The number of carboxylic acid groups (broad SMARTS) is 1. The van der Waals surface area contributed by atoms with Crippen LogP contribution in [0.3, 0.4) is 0 Å². The molecule has 2 atom stereocenters. The van der Waals surface area contributed by atoms with E-state index in [9.17, 15) is 9.59 Å². The van der Waals surface area contributed by atoms with Gasteiger partial charge in [0.2, 0.25) is 5.91 Å². The van der Waals surface area contributed by atoms with Gasteiger partial charge in [-0.05, 0) is 36.3 Å². The second-order valence-electron chi connectivity index (χ2n) is 5.66. The summed E-state index contributed by atoms with van der Waals surface area (Å²) in [6.45, 7) is 2.27. The molecule has 2 N–H and O–H groups in total. The van der Waals surface area contributed by atoms with Crippen molar-refractivity contribution in [1.82, 2.24) is 5.32 Å². The number of rotatable bonds is 5. The van der Waals surface area contributed by atoms with Gasteiger partial charge in [0, 0.05) is 18.9 Å². The monoisotopic (exact) mass is 275 g/mol. The highest BCUT2D eigenvalue weighted by Crippen LogP contribution is 2.25. The predicted molar refractivity (Wildman–Crippen MR) is 76.4 cm³/mol. The van der Waals surface area contributed by atoms with Crippen LogP contribution in [0.5, 0.6) is 0 Å². The molecule has 0 saturated heterocycles. The number of benzene rings is 1. The average Bonchev–Trinajstić information content (AvgIpc) is 2.43. The van der Waals surface area contributed by atoms with E-state index >= 15 is 0 Å². The van der Waals surface area contributed by atoms with E-state index in [1.807, 2.05) is 19.1 Å². The number of carbonyl (C=O) groups is 2. The lowest BCUT2D eigenvalue weighted by Gasteiger charge is -2.24. The minimum Gasteiger partial charge on any atom is -0.481 e. The molecule has 0 spiro atoms. The van der Waals surface area contributed by atoms with E-state index in [1.54, 1.807) is 0 Å². The molecule has 2 rings (SSSR count). The normalized spacial score (nSPS) is 18.9. The van der Waals surface area contributed by atoms with Crippen LogP contribution >= 0.6 is 0 Å². The first-order valence-electron chi connectivity index (χ1n) is 7.12. The first kappa shape index (κ1) is 14.6. The summed E-state index contributed by atoms with van der Waals surface area (Å²) in [6, 6.07) is 8.25. The minimum atomic E-state index is -0.821. The Morgan fingerprint density at radius 1 is 1.35 bits per heavy atom. The zero-order valence-electron chi connectivity index (χ0n) is 11.8. The third kappa shape index (κ3) is 3.83. The van der Waals surface area contributed by atoms with E-state index in [1.165, 1.54) is 11.1 Å². The molecular weight excluding hydrogens is 254 g/mol. The predicted octanol–water partition coefficient (Wildman–Crippen LogP) is 2.02. The highest BCUT2D eigenvalue weighted by atomic mass is 16.4. The molecule has 4 nitrogen and oxygen atoms in total. The van der Waals surface area contributed by atoms with E-state index in [-0.39, 0.29) is 24.2 Å². The smallest absolute Gasteiger partial charge is 0.303 e. The van der Waals surface area contributed by atoms with Gasteiger partial charge >= 0.3 is 5.97 Å². The Morgan fingerprint density at radius 2 is 2.05 bits per heavy atom. The maximum absolute atomic E-state index is 12.1. The summed E-state index contributed by atoms with van der Waals surface area (Å²) in [4.78, 5) is 22.7. The van der Waals surface area contributed by atoms with Crippen molar-refractivity contribution in [3.05, 3.63) is 35.4 Å². The number of aliphatic carboxylic acids is 1.